The van der Waals surface area contributed by atoms with Crippen LogP contribution in [0.2, 0.25) is 0 Å². The van der Waals surface area contributed by atoms with Crippen LogP contribution in [0.3, 0.4) is 0 Å². The molecule has 1 saturated heterocycles. The summed E-state index contributed by atoms with van der Waals surface area (Å²) in [4.78, 5) is 0. The van der Waals surface area contributed by atoms with Gasteiger partial charge in [0.05, 0.1) is 6.04 Å². The monoisotopic (exact) mass is 247 g/mol. The highest BCUT2D eigenvalue weighted by Gasteiger charge is 2.26. The van der Waals surface area contributed by atoms with Crippen LogP contribution < -0.4 is 5.73 Å². The lowest BCUT2D eigenvalue weighted by Gasteiger charge is -2.15. The first-order valence-corrected chi connectivity index (χ1v) is 7.23. The molecule has 1 aromatic carbocycles. The van der Waals surface area contributed by atoms with Gasteiger partial charge in [-0.25, -0.2) is 0 Å². The summed E-state index contributed by atoms with van der Waals surface area (Å²) in [7, 11) is 0. The Morgan fingerprint density at radius 1 is 1.47 bits per heavy atom. The third-order valence-corrected chi connectivity index (χ3v) is 4.75. The van der Waals surface area contributed by atoms with Crippen molar-refractivity contribution in [3.8, 4) is 0 Å². The highest BCUT2D eigenvalue weighted by atomic mass is 32.2. The van der Waals surface area contributed by atoms with Crippen molar-refractivity contribution in [2.45, 2.75) is 19.4 Å². The number of nitrogens with two attached hydrogens (primary N) is 1. The van der Waals surface area contributed by atoms with Gasteiger partial charge in [0.1, 0.15) is 11.3 Å². The summed E-state index contributed by atoms with van der Waals surface area (Å²) < 4.78 is 5.94. The van der Waals surface area contributed by atoms with Crippen molar-refractivity contribution >= 4 is 22.7 Å². The molecule has 0 saturated carbocycles. The number of rotatable bonds is 2. The summed E-state index contributed by atoms with van der Waals surface area (Å²) in [6.45, 7) is 2.08. The number of fused-ring (bicyclic) bond motifs is 1. The van der Waals surface area contributed by atoms with Crippen LogP contribution in [0.5, 0.6) is 0 Å². The number of aryl methyl sites for hydroxylation is 1. The van der Waals surface area contributed by atoms with Gasteiger partial charge in [-0.3, -0.25) is 0 Å². The van der Waals surface area contributed by atoms with Gasteiger partial charge in [-0.05, 0) is 42.4 Å². The van der Waals surface area contributed by atoms with Crippen molar-refractivity contribution in [1.29, 1.82) is 0 Å². The first kappa shape index (κ1) is 11.2. The van der Waals surface area contributed by atoms with Crippen molar-refractivity contribution in [2.75, 3.05) is 11.5 Å². The maximum absolute atomic E-state index is 6.31. The van der Waals surface area contributed by atoms with Gasteiger partial charge in [-0.1, -0.05) is 18.2 Å². The number of thioether (sulfide) groups is 1. The highest BCUT2D eigenvalue weighted by molar-refractivity contribution is 7.99. The topological polar surface area (TPSA) is 39.2 Å². The lowest BCUT2D eigenvalue weighted by Crippen LogP contribution is -2.20. The number of hydrogen-bond acceptors (Lipinski definition) is 3. The Bertz CT molecular complexity index is 528. The van der Waals surface area contributed by atoms with Crippen molar-refractivity contribution in [2.24, 2.45) is 11.7 Å². The molecule has 1 aliphatic heterocycles. The molecule has 0 spiro atoms. The molecule has 3 rings (SSSR count). The minimum atomic E-state index is 0.0526. The Morgan fingerprint density at radius 3 is 3.06 bits per heavy atom. The molecule has 1 fully saturated rings. The number of benzene rings is 1. The second-order valence-electron chi connectivity index (χ2n) is 4.79. The quantitative estimate of drug-likeness (QED) is 0.883. The van der Waals surface area contributed by atoms with Crippen molar-refractivity contribution in [1.82, 2.24) is 0 Å². The fourth-order valence-corrected chi connectivity index (χ4v) is 3.77. The molecule has 2 nitrogen and oxygen atoms in total. The molecule has 0 aliphatic carbocycles. The Morgan fingerprint density at radius 2 is 2.35 bits per heavy atom. The molecule has 0 radical (unpaired) electrons. The van der Waals surface area contributed by atoms with Crippen molar-refractivity contribution < 1.29 is 4.42 Å². The largest absolute Gasteiger partial charge is 0.459 e. The lowest BCUT2D eigenvalue weighted by molar-refractivity contribution is 0.402. The molecule has 3 heteroatoms. The standard InChI is InChI=1S/C14H17NOS/c1-9-3-2-4-10-7-12(16-14(9)10)13(15)11-5-6-17-8-11/h2-4,7,11,13H,5-6,8,15H2,1H3. The van der Waals surface area contributed by atoms with Gasteiger partial charge >= 0.3 is 0 Å². The number of para-hydroxylation sites is 1. The summed E-state index contributed by atoms with van der Waals surface area (Å²) in [5.74, 6) is 3.91. The maximum Gasteiger partial charge on any atom is 0.137 e. The van der Waals surface area contributed by atoms with Crippen LogP contribution >= 0.6 is 11.8 Å². The molecule has 1 aliphatic rings. The molecule has 0 bridgehead atoms. The molecular weight excluding hydrogens is 230 g/mol. The third kappa shape index (κ3) is 1.98. The summed E-state index contributed by atoms with van der Waals surface area (Å²) >= 11 is 1.99. The Kier molecular flexibility index (Phi) is 2.89. The summed E-state index contributed by atoms with van der Waals surface area (Å²) in [5.41, 5.74) is 8.48. The predicted octanol–water partition coefficient (Wildman–Crippen LogP) is 3.49. The van der Waals surface area contributed by atoms with Gasteiger partial charge in [-0.15, -0.1) is 0 Å². The lowest BCUT2D eigenvalue weighted by atomic mass is 9.98. The van der Waals surface area contributed by atoms with Crippen LogP contribution in [0.1, 0.15) is 23.8 Å². The average Bonchev–Trinajstić information content (AvgIpc) is 2.98. The van der Waals surface area contributed by atoms with E-state index in [4.69, 9.17) is 10.2 Å². The van der Waals surface area contributed by atoms with Crippen LogP contribution in [0.15, 0.2) is 28.7 Å². The zero-order valence-electron chi connectivity index (χ0n) is 9.98. The molecular formula is C14H17NOS. The van der Waals surface area contributed by atoms with E-state index in [0.29, 0.717) is 5.92 Å². The van der Waals surface area contributed by atoms with E-state index < -0.39 is 0 Å². The molecule has 90 valence electrons. The molecule has 17 heavy (non-hydrogen) atoms. The third-order valence-electron chi connectivity index (χ3n) is 3.56. The van der Waals surface area contributed by atoms with Gasteiger partial charge < -0.3 is 10.2 Å². The molecule has 2 unspecified atom stereocenters. The predicted molar refractivity (Wildman–Crippen MR) is 73.3 cm³/mol. The zero-order chi connectivity index (χ0) is 11.8. The van der Waals surface area contributed by atoms with Crippen molar-refractivity contribution in [3.63, 3.8) is 0 Å². The SMILES string of the molecule is Cc1cccc2cc(C(N)C3CCSC3)oc12. The van der Waals surface area contributed by atoms with E-state index in [9.17, 15) is 0 Å². The van der Waals surface area contributed by atoms with Gasteiger partial charge in [0, 0.05) is 5.39 Å². The minimum absolute atomic E-state index is 0.0526. The molecule has 2 N–H and O–H groups in total. The average molecular weight is 247 g/mol. The fourth-order valence-electron chi connectivity index (χ4n) is 2.46. The number of hydrogen-bond donors (Lipinski definition) is 1. The van der Waals surface area contributed by atoms with E-state index in [2.05, 4.69) is 31.2 Å². The van der Waals surface area contributed by atoms with Gasteiger partial charge in [-0.2, -0.15) is 11.8 Å². The molecule has 2 aromatic rings. The second-order valence-corrected chi connectivity index (χ2v) is 5.94. The highest BCUT2D eigenvalue weighted by Crippen LogP contribution is 2.35. The van der Waals surface area contributed by atoms with Crippen LogP contribution in [-0.2, 0) is 0 Å². The normalized spacial score (nSPS) is 22.1. The van der Waals surface area contributed by atoms with Gasteiger partial charge in [0.2, 0.25) is 0 Å². The van der Waals surface area contributed by atoms with E-state index in [1.54, 1.807) is 0 Å². The van der Waals surface area contributed by atoms with E-state index in [1.165, 1.54) is 23.1 Å². The fraction of sp³-hybridized carbons (Fsp3) is 0.429. The minimum Gasteiger partial charge on any atom is -0.459 e. The Balaban J connectivity index is 1.97. The molecule has 2 atom stereocenters. The zero-order valence-corrected chi connectivity index (χ0v) is 10.8. The van der Waals surface area contributed by atoms with E-state index >= 15 is 0 Å². The number of furan rings is 1. The Labute approximate surface area is 106 Å². The van der Waals surface area contributed by atoms with Crippen LogP contribution in [0.25, 0.3) is 11.0 Å². The van der Waals surface area contributed by atoms with E-state index in [-0.39, 0.29) is 6.04 Å². The van der Waals surface area contributed by atoms with Gasteiger partial charge in [0.25, 0.3) is 0 Å². The summed E-state index contributed by atoms with van der Waals surface area (Å²) in [5, 5.41) is 1.17. The summed E-state index contributed by atoms with van der Waals surface area (Å²) in [6, 6.07) is 8.39. The second kappa shape index (κ2) is 4.39. The van der Waals surface area contributed by atoms with E-state index in [1.807, 2.05) is 11.8 Å². The van der Waals surface area contributed by atoms with Crippen molar-refractivity contribution in [3.05, 3.63) is 35.6 Å². The van der Waals surface area contributed by atoms with Crippen LogP contribution in [0, 0.1) is 12.8 Å². The maximum atomic E-state index is 6.31. The van der Waals surface area contributed by atoms with Gasteiger partial charge in [0.15, 0.2) is 0 Å². The first-order chi connectivity index (χ1) is 8.25. The Hall–Kier alpha value is -0.930. The molecule has 0 amide bonds. The smallest absolute Gasteiger partial charge is 0.137 e. The molecule has 1 aromatic heterocycles. The first-order valence-electron chi connectivity index (χ1n) is 6.08. The summed E-state index contributed by atoms with van der Waals surface area (Å²) in [6.07, 6.45) is 1.21. The molecule has 2 heterocycles. The van der Waals surface area contributed by atoms with E-state index in [0.717, 1.165) is 17.1 Å². The van der Waals surface area contributed by atoms with Crippen LogP contribution in [0.4, 0.5) is 0 Å². The van der Waals surface area contributed by atoms with Crippen LogP contribution in [-0.4, -0.2) is 11.5 Å².